The fraction of sp³-hybridized carbons (Fsp3) is 0.231. The number of thiophene rings is 1. The zero-order valence-electron chi connectivity index (χ0n) is 17.6. The van der Waals surface area contributed by atoms with Crippen molar-refractivity contribution in [3.63, 3.8) is 0 Å². The Kier molecular flexibility index (Phi) is 5.54. The van der Waals surface area contributed by atoms with Gasteiger partial charge in [0.2, 0.25) is 0 Å². The van der Waals surface area contributed by atoms with Crippen molar-refractivity contribution in [2.45, 2.75) is 25.7 Å². The van der Waals surface area contributed by atoms with Gasteiger partial charge in [0.1, 0.15) is 10.9 Å². The first-order chi connectivity index (χ1) is 15.6. The van der Waals surface area contributed by atoms with Crippen LogP contribution in [0.4, 0.5) is 0 Å². The van der Waals surface area contributed by atoms with Gasteiger partial charge in [-0.1, -0.05) is 43.3 Å². The van der Waals surface area contributed by atoms with E-state index in [-0.39, 0.29) is 11.8 Å². The summed E-state index contributed by atoms with van der Waals surface area (Å²) in [6, 6.07) is 21.1. The molecule has 2 atom stereocenters. The summed E-state index contributed by atoms with van der Waals surface area (Å²) >= 11 is 3.24. The third kappa shape index (κ3) is 3.52. The maximum atomic E-state index is 11.4. The zero-order chi connectivity index (χ0) is 22.2. The zero-order valence-corrected chi connectivity index (χ0v) is 19.2. The standard InChI is InChI=1S/C26H22N2O2S2/c1-2-11-32-28-22-9-4-3-8-18(22)24(19-10-12-31-23(19)15-27)25(28)17-7-5-6-16(13-17)20-14-21(20)26(29)30/h3-10,12-13,20-21H,2,11,14H2,1H3,(H,29,30). The Balaban J connectivity index is 1.76. The van der Waals surface area contributed by atoms with E-state index >= 15 is 0 Å². The summed E-state index contributed by atoms with van der Waals surface area (Å²) in [5, 5.41) is 22.2. The molecule has 1 fully saturated rings. The van der Waals surface area contributed by atoms with Crippen LogP contribution in [0.2, 0.25) is 0 Å². The largest absolute Gasteiger partial charge is 0.481 e. The maximum Gasteiger partial charge on any atom is 0.307 e. The van der Waals surface area contributed by atoms with Gasteiger partial charge in [-0.25, -0.2) is 0 Å². The highest BCUT2D eigenvalue weighted by Gasteiger charge is 2.44. The molecule has 0 aliphatic heterocycles. The Labute approximate surface area is 195 Å². The fourth-order valence-corrected chi connectivity index (χ4v) is 6.09. The predicted octanol–water partition coefficient (Wildman–Crippen LogP) is 7.00. The van der Waals surface area contributed by atoms with Crippen molar-refractivity contribution in [2.75, 3.05) is 5.75 Å². The second kappa shape index (κ2) is 8.50. The Hall–Kier alpha value is -3.01. The summed E-state index contributed by atoms with van der Waals surface area (Å²) < 4.78 is 2.30. The first-order valence-electron chi connectivity index (χ1n) is 10.7. The summed E-state index contributed by atoms with van der Waals surface area (Å²) in [7, 11) is 0. The molecule has 0 bridgehead atoms. The Morgan fingerprint density at radius 2 is 2.09 bits per heavy atom. The summed E-state index contributed by atoms with van der Waals surface area (Å²) in [4.78, 5) is 12.1. The molecule has 32 heavy (non-hydrogen) atoms. The molecule has 160 valence electrons. The van der Waals surface area contributed by atoms with Gasteiger partial charge < -0.3 is 5.11 Å². The Bertz CT molecular complexity index is 1360. The van der Waals surface area contributed by atoms with E-state index in [0.29, 0.717) is 11.3 Å². The van der Waals surface area contributed by atoms with Crippen molar-refractivity contribution in [3.05, 3.63) is 70.4 Å². The van der Waals surface area contributed by atoms with E-state index in [9.17, 15) is 15.2 Å². The number of aromatic nitrogens is 1. The number of nitriles is 1. The lowest BCUT2D eigenvalue weighted by molar-refractivity contribution is -0.138. The molecule has 1 aliphatic rings. The minimum Gasteiger partial charge on any atom is -0.481 e. The van der Waals surface area contributed by atoms with Crippen molar-refractivity contribution in [3.8, 4) is 28.5 Å². The van der Waals surface area contributed by atoms with E-state index in [1.807, 2.05) is 29.6 Å². The van der Waals surface area contributed by atoms with Crippen LogP contribution in [0.3, 0.4) is 0 Å². The molecule has 2 aromatic heterocycles. The highest BCUT2D eigenvalue weighted by atomic mass is 32.2. The molecule has 1 aliphatic carbocycles. The lowest BCUT2D eigenvalue weighted by Gasteiger charge is -2.13. The second-order valence-corrected chi connectivity index (χ2v) is 10.0. The van der Waals surface area contributed by atoms with Crippen LogP contribution in [0.1, 0.15) is 36.1 Å². The molecule has 6 heteroatoms. The number of para-hydroxylation sites is 1. The van der Waals surface area contributed by atoms with Crippen LogP contribution in [-0.4, -0.2) is 20.8 Å². The van der Waals surface area contributed by atoms with Gasteiger partial charge in [-0.15, -0.1) is 11.3 Å². The predicted molar refractivity (Wildman–Crippen MR) is 132 cm³/mol. The SMILES string of the molecule is CCCSn1c(-c2cccc(C3CC3C(=O)O)c2)c(-c2ccsc2C#N)c2ccccc21. The average Bonchev–Trinajstić information content (AvgIpc) is 3.38. The fourth-order valence-electron chi connectivity index (χ4n) is 4.41. The van der Waals surface area contributed by atoms with E-state index in [4.69, 9.17) is 0 Å². The number of benzene rings is 2. The van der Waals surface area contributed by atoms with Crippen molar-refractivity contribution >= 4 is 40.2 Å². The number of nitrogens with zero attached hydrogens (tertiary/aromatic N) is 2. The van der Waals surface area contributed by atoms with E-state index in [1.165, 1.54) is 11.3 Å². The van der Waals surface area contributed by atoms with Gasteiger partial charge in [-0.3, -0.25) is 8.77 Å². The highest BCUT2D eigenvalue weighted by Crippen LogP contribution is 2.50. The smallest absolute Gasteiger partial charge is 0.307 e. The molecule has 0 radical (unpaired) electrons. The van der Waals surface area contributed by atoms with E-state index < -0.39 is 5.97 Å². The first-order valence-corrected chi connectivity index (χ1v) is 12.5. The van der Waals surface area contributed by atoms with Gasteiger partial charge in [-0.2, -0.15) is 5.26 Å². The Morgan fingerprint density at radius 3 is 2.84 bits per heavy atom. The second-order valence-electron chi connectivity index (χ2n) is 8.06. The van der Waals surface area contributed by atoms with Crippen LogP contribution in [0, 0.1) is 17.2 Å². The molecule has 4 aromatic rings. The van der Waals surface area contributed by atoms with Crippen LogP contribution in [-0.2, 0) is 4.79 Å². The number of carbonyl (C=O) groups is 1. The summed E-state index contributed by atoms with van der Waals surface area (Å²) in [5.41, 5.74) is 6.37. The molecule has 4 nitrogen and oxygen atoms in total. The number of fused-ring (bicyclic) bond motifs is 1. The third-order valence-corrected chi connectivity index (χ3v) is 8.04. The van der Waals surface area contributed by atoms with Crippen molar-refractivity contribution in [2.24, 2.45) is 5.92 Å². The van der Waals surface area contributed by atoms with Gasteiger partial charge in [-0.05, 0) is 65.4 Å². The quantitative estimate of drug-likeness (QED) is 0.324. The minimum atomic E-state index is -0.717. The summed E-state index contributed by atoms with van der Waals surface area (Å²) in [6.07, 6.45) is 1.75. The van der Waals surface area contributed by atoms with Crippen LogP contribution in [0.5, 0.6) is 0 Å². The monoisotopic (exact) mass is 458 g/mol. The summed E-state index contributed by atoms with van der Waals surface area (Å²) in [5.74, 6) is 0.0501. The third-order valence-electron chi connectivity index (χ3n) is 5.99. The maximum absolute atomic E-state index is 11.4. The first kappa shape index (κ1) is 20.9. The molecule has 1 N–H and O–H groups in total. The molecular formula is C26H22N2O2S2. The number of hydrogen-bond acceptors (Lipinski definition) is 4. The van der Waals surface area contributed by atoms with E-state index in [2.05, 4.69) is 47.3 Å². The molecule has 1 saturated carbocycles. The van der Waals surface area contributed by atoms with Gasteiger partial charge >= 0.3 is 5.97 Å². The van der Waals surface area contributed by atoms with Gasteiger partial charge in [0, 0.05) is 22.3 Å². The summed E-state index contributed by atoms with van der Waals surface area (Å²) in [6.45, 7) is 2.17. The van der Waals surface area contributed by atoms with Crippen molar-refractivity contribution in [1.29, 1.82) is 5.26 Å². The Morgan fingerprint density at radius 1 is 1.25 bits per heavy atom. The molecule has 2 heterocycles. The molecule has 0 spiro atoms. The van der Waals surface area contributed by atoms with Crippen LogP contribution in [0.25, 0.3) is 33.3 Å². The number of carboxylic acids is 1. The van der Waals surface area contributed by atoms with Crippen LogP contribution in [0.15, 0.2) is 60.0 Å². The van der Waals surface area contributed by atoms with Crippen LogP contribution >= 0.6 is 23.3 Å². The van der Waals surface area contributed by atoms with Crippen molar-refractivity contribution in [1.82, 2.24) is 3.97 Å². The molecule has 2 aromatic carbocycles. The van der Waals surface area contributed by atoms with E-state index in [1.54, 1.807) is 11.9 Å². The van der Waals surface area contributed by atoms with Crippen LogP contribution < -0.4 is 0 Å². The number of carboxylic acid groups (broad SMARTS) is 1. The molecule has 5 rings (SSSR count). The number of rotatable bonds is 7. The normalized spacial score (nSPS) is 17.4. The number of hydrogen-bond donors (Lipinski definition) is 1. The minimum absolute atomic E-state index is 0.0767. The van der Waals surface area contributed by atoms with Gasteiger partial charge in [0.15, 0.2) is 0 Å². The highest BCUT2D eigenvalue weighted by molar-refractivity contribution is 7.98. The molecule has 0 amide bonds. The molecule has 0 saturated heterocycles. The van der Waals surface area contributed by atoms with E-state index in [0.717, 1.165) is 51.0 Å². The van der Waals surface area contributed by atoms with Gasteiger partial charge in [0.25, 0.3) is 0 Å². The lowest BCUT2D eigenvalue weighted by Crippen LogP contribution is -1.99. The molecular weight excluding hydrogens is 436 g/mol. The van der Waals surface area contributed by atoms with Gasteiger partial charge in [0.05, 0.1) is 17.1 Å². The lowest BCUT2D eigenvalue weighted by atomic mass is 9.97. The number of aliphatic carboxylic acids is 1. The topological polar surface area (TPSA) is 66.0 Å². The molecule has 2 unspecified atom stereocenters. The van der Waals surface area contributed by atoms with Crippen molar-refractivity contribution < 1.29 is 9.90 Å². The average molecular weight is 459 g/mol.